The Balaban J connectivity index is 3.04. The van der Waals surface area contributed by atoms with E-state index in [2.05, 4.69) is 26.0 Å². The molecular formula is C8H15Cl. The van der Waals surface area contributed by atoms with Crippen molar-refractivity contribution in [3.8, 4) is 0 Å². The van der Waals surface area contributed by atoms with Crippen LogP contribution in [-0.4, -0.2) is 5.88 Å². The molecule has 0 aliphatic carbocycles. The quantitative estimate of drug-likeness (QED) is 0.325. The predicted octanol–water partition coefficient (Wildman–Crippen LogP) is 3.22. The van der Waals surface area contributed by atoms with E-state index in [4.69, 9.17) is 11.6 Å². The van der Waals surface area contributed by atoms with Crippen LogP contribution in [0, 0.1) is 5.92 Å². The molecule has 0 fully saturated rings. The molecule has 0 saturated heterocycles. The fraction of sp³-hybridized carbons (Fsp3) is 0.750. The number of alkyl halides is 1. The molecule has 9 heavy (non-hydrogen) atoms. The standard InChI is InChI=1S/C8H15Cl/c1-8(2)6-4-3-5-7-9/h4,6,8H,3,5,7H2,1-2H3/b6-4-. The number of hydrogen-bond donors (Lipinski definition) is 0. The van der Waals surface area contributed by atoms with E-state index in [0.717, 1.165) is 18.7 Å². The Labute approximate surface area is 62.9 Å². The van der Waals surface area contributed by atoms with E-state index in [9.17, 15) is 0 Å². The van der Waals surface area contributed by atoms with Crippen molar-refractivity contribution in [3.63, 3.8) is 0 Å². The SMILES string of the molecule is CC(C)/C=C\CCCCl. The van der Waals surface area contributed by atoms with Crippen LogP contribution < -0.4 is 0 Å². The normalized spacial score (nSPS) is 11.6. The lowest BCUT2D eigenvalue weighted by Crippen LogP contribution is -1.77. The summed E-state index contributed by atoms with van der Waals surface area (Å²) < 4.78 is 0. The van der Waals surface area contributed by atoms with Gasteiger partial charge in [-0.1, -0.05) is 26.0 Å². The van der Waals surface area contributed by atoms with Crippen LogP contribution in [0.4, 0.5) is 0 Å². The van der Waals surface area contributed by atoms with Crippen molar-refractivity contribution >= 4 is 11.6 Å². The van der Waals surface area contributed by atoms with Gasteiger partial charge in [0.05, 0.1) is 0 Å². The molecule has 0 aromatic carbocycles. The number of hydrogen-bond acceptors (Lipinski definition) is 0. The van der Waals surface area contributed by atoms with Crippen molar-refractivity contribution in [1.29, 1.82) is 0 Å². The summed E-state index contributed by atoms with van der Waals surface area (Å²) in [5, 5.41) is 0. The molecule has 0 saturated carbocycles. The number of allylic oxidation sites excluding steroid dienone is 2. The molecule has 54 valence electrons. The molecule has 0 atom stereocenters. The first-order chi connectivity index (χ1) is 4.27. The summed E-state index contributed by atoms with van der Waals surface area (Å²) in [6, 6.07) is 0. The van der Waals surface area contributed by atoms with E-state index in [1.165, 1.54) is 0 Å². The van der Waals surface area contributed by atoms with Crippen LogP contribution in [-0.2, 0) is 0 Å². The highest BCUT2D eigenvalue weighted by Crippen LogP contribution is 1.98. The minimum Gasteiger partial charge on any atom is -0.127 e. The molecule has 0 aliphatic rings. The Morgan fingerprint density at radius 2 is 2.11 bits per heavy atom. The Hall–Kier alpha value is 0.0300. The van der Waals surface area contributed by atoms with E-state index in [1.807, 2.05) is 0 Å². The molecule has 0 heterocycles. The minimum absolute atomic E-state index is 0.681. The number of unbranched alkanes of at least 4 members (excludes halogenated alkanes) is 1. The van der Waals surface area contributed by atoms with Gasteiger partial charge in [0, 0.05) is 5.88 Å². The van der Waals surface area contributed by atoms with Gasteiger partial charge in [0.1, 0.15) is 0 Å². The number of rotatable bonds is 4. The second-order valence-corrected chi connectivity index (χ2v) is 2.88. The molecular weight excluding hydrogens is 132 g/mol. The summed E-state index contributed by atoms with van der Waals surface area (Å²) in [5.74, 6) is 1.46. The highest BCUT2D eigenvalue weighted by molar-refractivity contribution is 6.17. The maximum Gasteiger partial charge on any atom is 0.0226 e. The second kappa shape index (κ2) is 6.15. The molecule has 0 bridgehead atoms. The summed E-state index contributed by atoms with van der Waals surface area (Å²) in [4.78, 5) is 0. The molecule has 0 radical (unpaired) electrons. The molecule has 0 unspecified atom stereocenters. The van der Waals surface area contributed by atoms with Crippen molar-refractivity contribution < 1.29 is 0 Å². The van der Waals surface area contributed by atoms with Gasteiger partial charge in [-0.25, -0.2) is 0 Å². The van der Waals surface area contributed by atoms with Gasteiger partial charge in [0.2, 0.25) is 0 Å². The number of halogens is 1. The van der Waals surface area contributed by atoms with Crippen LogP contribution in [0.15, 0.2) is 12.2 Å². The van der Waals surface area contributed by atoms with Gasteiger partial charge in [0.25, 0.3) is 0 Å². The smallest absolute Gasteiger partial charge is 0.0226 e. The summed E-state index contributed by atoms with van der Waals surface area (Å²) in [6.07, 6.45) is 6.64. The van der Waals surface area contributed by atoms with Gasteiger partial charge in [-0.2, -0.15) is 0 Å². The zero-order chi connectivity index (χ0) is 7.11. The van der Waals surface area contributed by atoms with Gasteiger partial charge in [-0.15, -0.1) is 11.6 Å². The van der Waals surface area contributed by atoms with E-state index in [1.54, 1.807) is 0 Å². The monoisotopic (exact) mass is 146 g/mol. The second-order valence-electron chi connectivity index (χ2n) is 2.50. The predicted molar refractivity (Wildman–Crippen MR) is 43.9 cm³/mol. The Bertz CT molecular complexity index is 74.6. The van der Waals surface area contributed by atoms with Crippen LogP contribution in [0.1, 0.15) is 26.7 Å². The fourth-order valence-electron chi connectivity index (χ4n) is 0.563. The van der Waals surface area contributed by atoms with Crippen LogP contribution in [0.3, 0.4) is 0 Å². The maximum atomic E-state index is 5.48. The zero-order valence-corrected chi connectivity index (χ0v) is 6.99. The van der Waals surface area contributed by atoms with Gasteiger partial charge >= 0.3 is 0 Å². The van der Waals surface area contributed by atoms with Crippen LogP contribution >= 0.6 is 11.6 Å². The third kappa shape index (κ3) is 8.03. The minimum atomic E-state index is 0.681. The van der Waals surface area contributed by atoms with Crippen molar-refractivity contribution in [2.45, 2.75) is 26.7 Å². The summed E-state index contributed by atoms with van der Waals surface area (Å²) in [7, 11) is 0. The lowest BCUT2D eigenvalue weighted by molar-refractivity contribution is 0.819. The van der Waals surface area contributed by atoms with Crippen LogP contribution in [0.25, 0.3) is 0 Å². The zero-order valence-electron chi connectivity index (χ0n) is 6.23. The van der Waals surface area contributed by atoms with Gasteiger partial charge < -0.3 is 0 Å². The Morgan fingerprint density at radius 1 is 1.44 bits per heavy atom. The Morgan fingerprint density at radius 3 is 2.56 bits per heavy atom. The van der Waals surface area contributed by atoms with Crippen LogP contribution in [0.2, 0.25) is 0 Å². The summed E-state index contributed by atoms with van der Waals surface area (Å²) in [6.45, 7) is 4.36. The topological polar surface area (TPSA) is 0 Å². The maximum absolute atomic E-state index is 5.48. The molecule has 0 N–H and O–H groups in total. The lowest BCUT2D eigenvalue weighted by atomic mass is 10.2. The van der Waals surface area contributed by atoms with Crippen molar-refractivity contribution in [1.82, 2.24) is 0 Å². The van der Waals surface area contributed by atoms with E-state index >= 15 is 0 Å². The first-order valence-electron chi connectivity index (χ1n) is 3.50. The third-order valence-corrected chi connectivity index (χ3v) is 1.29. The van der Waals surface area contributed by atoms with E-state index in [0.29, 0.717) is 5.92 Å². The molecule has 0 rings (SSSR count). The van der Waals surface area contributed by atoms with E-state index < -0.39 is 0 Å². The average molecular weight is 147 g/mol. The highest BCUT2D eigenvalue weighted by atomic mass is 35.5. The molecule has 0 aromatic rings. The van der Waals surface area contributed by atoms with E-state index in [-0.39, 0.29) is 0 Å². The van der Waals surface area contributed by atoms with Gasteiger partial charge in [-0.05, 0) is 18.8 Å². The molecule has 0 aliphatic heterocycles. The van der Waals surface area contributed by atoms with Crippen LogP contribution in [0.5, 0.6) is 0 Å². The average Bonchev–Trinajstić information content (AvgIpc) is 1.80. The molecule has 0 nitrogen and oxygen atoms in total. The fourth-order valence-corrected chi connectivity index (χ4v) is 0.718. The largest absolute Gasteiger partial charge is 0.127 e. The molecule has 0 spiro atoms. The molecule has 0 amide bonds. The summed E-state index contributed by atoms with van der Waals surface area (Å²) in [5.41, 5.74) is 0. The highest BCUT2D eigenvalue weighted by Gasteiger charge is 1.82. The lowest BCUT2D eigenvalue weighted by Gasteiger charge is -1.91. The molecule has 0 aromatic heterocycles. The first kappa shape index (κ1) is 9.03. The van der Waals surface area contributed by atoms with Gasteiger partial charge in [0.15, 0.2) is 0 Å². The van der Waals surface area contributed by atoms with Crippen molar-refractivity contribution in [3.05, 3.63) is 12.2 Å². The van der Waals surface area contributed by atoms with Crippen molar-refractivity contribution in [2.75, 3.05) is 5.88 Å². The first-order valence-corrected chi connectivity index (χ1v) is 4.03. The summed E-state index contributed by atoms with van der Waals surface area (Å²) >= 11 is 5.48. The third-order valence-electron chi connectivity index (χ3n) is 1.03. The van der Waals surface area contributed by atoms with Crippen molar-refractivity contribution in [2.24, 2.45) is 5.92 Å². The van der Waals surface area contributed by atoms with Gasteiger partial charge in [-0.3, -0.25) is 0 Å². The molecule has 1 heteroatoms. The Kier molecular flexibility index (Phi) is 6.18.